The number of carbonyl (C=O) groups is 1. The highest BCUT2D eigenvalue weighted by Crippen LogP contribution is 2.32. The predicted octanol–water partition coefficient (Wildman–Crippen LogP) is 4.46. The van der Waals surface area contributed by atoms with Crippen LogP contribution in [0.25, 0.3) is 0 Å². The van der Waals surface area contributed by atoms with E-state index in [0.29, 0.717) is 13.0 Å². The Kier molecular flexibility index (Phi) is 7.38. The fraction of sp³-hybridized carbons (Fsp3) is 0.562. The fourth-order valence-electron chi connectivity index (χ4n) is 2.05. The summed E-state index contributed by atoms with van der Waals surface area (Å²) in [6.07, 6.45) is -2.23. The number of hydrogen-bond acceptors (Lipinski definition) is 3. The first-order chi connectivity index (χ1) is 10.4. The first-order valence-corrected chi connectivity index (χ1v) is 7.31. The van der Waals surface area contributed by atoms with E-state index in [9.17, 15) is 18.0 Å². The number of esters is 1. The van der Waals surface area contributed by atoms with Crippen LogP contribution < -0.4 is 0 Å². The average molecular weight is 318 g/mol. The molecule has 0 saturated heterocycles. The summed E-state index contributed by atoms with van der Waals surface area (Å²) in [5.41, 5.74) is -1.41. The Bertz CT molecular complexity index is 472. The van der Waals surface area contributed by atoms with Crippen molar-refractivity contribution in [3.8, 4) is 0 Å². The van der Waals surface area contributed by atoms with Gasteiger partial charge in [0, 0.05) is 6.61 Å². The monoisotopic (exact) mass is 318 g/mol. The molecular formula is C16H21F3O3. The second-order valence-electron chi connectivity index (χ2n) is 4.94. The van der Waals surface area contributed by atoms with Gasteiger partial charge < -0.3 is 9.47 Å². The van der Waals surface area contributed by atoms with Gasteiger partial charge in [-0.05, 0) is 45.2 Å². The standard InChI is InChI=1S/C16H21F3O3/c1-3-21-12(2)8-6-7-11-22-15(20)13-9-4-5-10-14(13)16(17,18)19/h4-5,9-10,12H,3,6-8,11H2,1-2H3. The zero-order chi connectivity index (χ0) is 16.6. The summed E-state index contributed by atoms with van der Waals surface area (Å²) in [5, 5.41) is 0. The number of hydrogen-bond donors (Lipinski definition) is 0. The van der Waals surface area contributed by atoms with Crippen molar-refractivity contribution >= 4 is 5.97 Å². The Labute approximate surface area is 128 Å². The normalized spacial score (nSPS) is 13.0. The number of alkyl halides is 3. The largest absolute Gasteiger partial charge is 0.462 e. The van der Waals surface area contributed by atoms with Gasteiger partial charge in [0.05, 0.1) is 23.8 Å². The van der Waals surface area contributed by atoms with E-state index in [2.05, 4.69) is 0 Å². The molecule has 6 heteroatoms. The molecular weight excluding hydrogens is 297 g/mol. The third-order valence-electron chi connectivity index (χ3n) is 3.14. The molecule has 0 bridgehead atoms. The van der Waals surface area contributed by atoms with Crippen molar-refractivity contribution in [2.45, 2.75) is 45.4 Å². The number of rotatable bonds is 8. The molecule has 0 N–H and O–H groups in total. The summed E-state index contributed by atoms with van der Waals surface area (Å²) in [6.45, 7) is 4.61. The quantitative estimate of drug-likeness (QED) is 0.524. The topological polar surface area (TPSA) is 35.5 Å². The molecule has 124 valence electrons. The molecule has 0 aromatic heterocycles. The summed E-state index contributed by atoms with van der Waals surface area (Å²) in [7, 11) is 0. The molecule has 0 aliphatic carbocycles. The molecule has 1 atom stereocenters. The first kappa shape index (κ1) is 18.5. The lowest BCUT2D eigenvalue weighted by atomic mass is 10.1. The van der Waals surface area contributed by atoms with E-state index in [1.807, 2.05) is 13.8 Å². The molecule has 0 aliphatic rings. The van der Waals surface area contributed by atoms with E-state index in [4.69, 9.17) is 9.47 Å². The van der Waals surface area contributed by atoms with Crippen LogP contribution in [0, 0.1) is 0 Å². The summed E-state index contributed by atoms with van der Waals surface area (Å²) < 4.78 is 48.7. The van der Waals surface area contributed by atoms with Crippen LogP contribution in [0.15, 0.2) is 24.3 Å². The van der Waals surface area contributed by atoms with E-state index >= 15 is 0 Å². The highest BCUT2D eigenvalue weighted by atomic mass is 19.4. The summed E-state index contributed by atoms with van der Waals surface area (Å²) in [6, 6.07) is 4.63. The van der Waals surface area contributed by atoms with Crippen LogP contribution in [0.3, 0.4) is 0 Å². The molecule has 1 aromatic rings. The first-order valence-electron chi connectivity index (χ1n) is 7.31. The molecule has 1 aromatic carbocycles. The predicted molar refractivity (Wildman–Crippen MR) is 76.7 cm³/mol. The molecule has 0 heterocycles. The Morgan fingerprint density at radius 3 is 2.55 bits per heavy atom. The van der Waals surface area contributed by atoms with Crippen molar-refractivity contribution in [2.24, 2.45) is 0 Å². The van der Waals surface area contributed by atoms with Gasteiger partial charge in [-0.2, -0.15) is 13.2 Å². The zero-order valence-electron chi connectivity index (χ0n) is 12.8. The number of carbonyl (C=O) groups excluding carboxylic acids is 1. The maximum Gasteiger partial charge on any atom is 0.417 e. The van der Waals surface area contributed by atoms with Crippen molar-refractivity contribution in [2.75, 3.05) is 13.2 Å². The van der Waals surface area contributed by atoms with Crippen LogP contribution in [-0.4, -0.2) is 25.3 Å². The SMILES string of the molecule is CCOC(C)CCCCOC(=O)c1ccccc1C(F)(F)F. The lowest BCUT2D eigenvalue weighted by molar-refractivity contribution is -0.138. The van der Waals surface area contributed by atoms with Crippen molar-refractivity contribution in [1.29, 1.82) is 0 Å². The summed E-state index contributed by atoms with van der Waals surface area (Å²) in [5.74, 6) is -0.939. The van der Waals surface area contributed by atoms with E-state index in [1.165, 1.54) is 12.1 Å². The molecule has 0 saturated carbocycles. The van der Waals surface area contributed by atoms with E-state index < -0.39 is 23.3 Å². The molecule has 1 unspecified atom stereocenters. The third-order valence-corrected chi connectivity index (χ3v) is 3.14. The van der Waals surface area contributed by atoms with Gasteiger partial charge in [-0.25, -0.2) is 4.79 Å². The van der Waals surface area contributed by atoms with Gasteiger partial charge in [0.2, 0.25) is 0 Å². The molecule has 0 amide bonds. The highest BCUT2D eigenvalue weighted by molar-refractivity contribution is 5.91. The maximum absolute atomic E-state index is 12.8. The molecule has 0 radical (unpaired) electrons. The zero-order valence-corrected chi connectivity index (χ0v) is 12.8. The Hall–Kier alpha value is -1.56. The van der Waals surface area contributed by atoms with Crippen molar-refractivity contribution < 1.29 is 27.4 Å². The summed E-state index contributed by atoms with van der Waals surface area (Å²) >= 11 is 0. The lowest BCUT2D eigenvalue weighted by Crippen LogP contribution is -2.15. The smallest absolute Gasteiger partial charge is 0.417 e. The van der Waals surface area contributed by atoms with E-state index in [1.54, 1.807) is 0 Å². The Morgan fingerprint density at radius 2 is 1.91 bits per heavy atom. The van der Waals surface area contributed by atoms with Crippen molar-refractivity contribution in [1.82, 2.24) is 0 Å². The Morgan fingerprint density at radius 1 is 1.23 bits per heavy atom. The molecule has 1 rings (SSSR count). The highest BCUT2D eigenvalue weighted by Gasteiger charge is 2.35. The minimum atomic E-state index is -4.57. The van der Waals surface area contributed by atoms with Crippen LogP contribution in [0.1, 0.15) is 49.0 Å². The molecule has 0 aliphatic heterocycles. The lowest BCUT2D eigenvalue weighted by Gasteiger charge is -2.13. The third kappa shape index (κ3) is 6.05. The summed E-state index contributed by atoms with van der Waals surface area (Å²) in [4.78, 5) is 11.8. The fourth-order valence-corrected chi connectivity index (χ4v) is 2.05. The molecule has 22 heavy (non-hydrogen) atoms. The van der Waals surface area contributed by atoms with Gasteiger partial charge in [0.1, 0.15) is 0 Å². The number of halogens is 3. The molecule has 3 nitrogen and oxygen atoms in total. The second kappa shape index (κ2) is 8.78. The average Bonchev–Trinajstić information content (AvgIpc) is 2.46. The van der Waals surface area contributed by atoms with Gasteiger partial charge in [0.15, 0.2) is 0 Å². The second-order valence-corrected chi connectivity index (χ2v) is 4.94. The van der Waals surface area contributed by atoms with Crippen LogP contribution in [0.4, 0.5) is 13.2 Å². The van der Waals surface area contributed by atoms with Gasteiger partial charge in [0.25, 0.3) is 0 Å². The van der Waals surface area contributed by atoms with Gasteiger partial charge in [-0.1, -0.05) is 12.1 Å². The van der Waals surface area contributed by atoms with Gasteiger partial charge >= 0.3 is 12.1 Å². The molecule has 0 fully saturated rings. The van der Waals surface area contributed by atoms with Crippen LogP contribution in [-0.2, 0) is 15.7 Å². The van der Waals surface area contributed by atoms with E-state index in [0.717, 1.165) is 25.0 Å². The number of ether oxygens (including phenoxy) is 2. The van der Waals surface area contributed by atoms with Crippen LogP contribution in [0.2, 0.25) is 0 Å². The van der Waals surface area contributed by atoms with Gasteiger partial charge in [-0.3, -0.25) is 0 Å². The van der Waals surface area contributed by atoms with Gasteiger partial charge in [-0.15, -0.1) is 0 Å². The number of benzene rings is 1. The number of unbranched alkanes of at least 4 members (excludes halogenated alkanes) is 1. The van der Waals surface area contributed by atoms with Crippen molar-refractivity contribution in [3.63, 3.8) is 0 Å². The molecule has 0 spiro atoms. The van der Waals surface area contributed by atoms with E-state index in [-0.39, 0.29) is 12.7 Å². The Balaban J connectivity index is 2.44. The minimum Gasteiger partial charge on any atom is -0.462 e. The van der Waals surface area contributed by atoms with Crippen LogP contribution in [0.5, 0.6) is 0 Å². The minimum absolute atomic E-state index is 0.101. The van der Waals surface area contributed by atoms with Crippen molar-refractivity contribution in [3.05, 3.63) is 35.4 Å². The maximum atomic E-state index is 12.8. The van der Waals surface area contributed by atoms with Crippen LogP contribution >= 0.6 is 0 Å².